The molecule has 5 heteroatoms. The number of halogens is 2. The van der Waals surface area contributed by atoms with Gasteiger partial charge in [0.2, 0.25) is 0 Å². The van der Waals surface area contributed by atoms with Gasteiger partial charge in [-0.15, -0.1) is 0 Å². The first-order valence-corrected chi connectivity index (χ1v) is 11.0. The third kappa shape index (κ3) is 4.16. The van der Waals surface area contributed by atoms with Gasteiger partial charge in [0, 0.05) is 15.6 Å². The van der Waals surface area contributed by atoms with Gasteiger partial charge in [0.1, 0.15) is 11.5 Å². The van der Waals surface area contributed by atoms with E-state index in [1.54, 1.807) is 29.2 Å². The lowest BCUT2D eigenvalue weighted by molar-refractivity contribution is -0.113. The second-order valence-corrected chi connectivity index (χ2v) is 8.11. The Morgan fingerprint density at radius 2 is 1.58 bits per heavy atom. The van der Waals surface area contributed by atoms with Crippen LogP contribution in [0.25, 0.3) is 6.08 Å². The summed E-state index contributed by atoms with van der Waals surface area (Å²) in [6.07, 6.45) is 3.36. The number of hydrogen-bond donors (Lipinski definition) is 0. The van der Waals surface area contributed by atoms with Crippen molar-refractivity contribution in [2.45, 2.75) is 26.7 Å². The fraction of sp³-hybridized carbons (Fsp3) is 0.154. The number of carbonyl (C=O) groups excluding carboxylic acids is 1. The normalized spacial score (nSPS) is 15.0. The van der Waals surface area contributed by atoms with Gasteiger partial charge in [-0.05, 0) is 47.7 Å². The van der Waals surface area contributed by atoms with E-state index >= 15 is 0 Å². The summed E-state index contributed by atoms with van der Waals surface area (Å²) < 4.78 is 0. The van der Waals surface area contributed by atoms with Crippen LogP contribution in [0.4, 0.5) is 5.69 Å². The van der Waals surface area contributed by atoms with Crippen molar-refractivity contribution in [1.29, 1.82) is 0 Å². The number of amides is 1. The predicted molar refractivity (Wildman–Crippen MR) is 130 cm³/mol. The van der Waals surface area contributed by atoms with Crippen LogP contribution in [0.15, 0.2) is 77.4 Å². The third-order valence-electron chi connectivity index (χ3n) is 5.34. The average Bonchev–Trinajstić information content (AvgIpc) is 3.11. The maximum Gasteiger partial charge on any atom is 0.282 e. The summed E-state index contributed by atoms with van der Waals surface area (Å²) in [7, 11) is 0. The minimum Gasteiger partial charge on any atom is -0.266 e. The number of nitrogens with zero attached hydrogens (tertiary/aromatic N) is 2. The number of hydrogen-bond acceptors (Lipinski definition) is 2. The lowest BCUT2D eigenvalue weighted by Gasteiger charge is -2.24. The predicted octanol–water partition coefficient (Wildman–Crippen LogP) is 6.95. The summed E-state index contributed by atoms with van der Waals surface area (Å²) >= 11 is 12.4. The molecule has 0 atom stereocenters. The molecule has 3 aromatic carbocycles. The highest BCUT2D eigenvalue weighted by molar-refractivity contribution is 6.36. The summed E-state index contributed by atoms with van der Waals surface area (Å²) in [5.41, 5.74) is 5.08. The highest BCUT2D eigenvalue weighted by atomic mass is 35.5. The Labute approximate surface area is 192 Å². The standard InChI is InChI=1S/C26H22Cl2N2O/c1-3-17-11-8-12-18(4-2)24(17)30-25(19-9-6-5-7-10-19)29-23(26(30)31)15-20-13-14-21(27)16-22(20)28/h5-16H,3-4H2,1-2H3. The molecule has 0 saturated carbocycles. The highest BCUT2D eigenvalue weighted by Gasteiger charge is 2.34. The van der Waals surface area contributed by atoms with Crippen LogP contribution in [-0.2, 0) is 17.6 Å². The summed E-state index contributed by atoms with van der Waals surface area (Å²) in [4.78, 5) is 20.2. The molecule has 0 unspecified atom stereocenters. The van der Waals surface area contributed by atoms with Gasteiger partial charge in [-0.3, -0.25) is 9.69 Å². The number of amidine groups is 1. The Kier molecular flexibility index (Phi) is 6.26. The van der Waals surface area contributed by atoms with E-state index in [-0.39, 0.29) is 5.91 Å². The van der Waals surface area contributed by atoms with E-state index in [4.69, 9.17) is 28.2 Å². The Hall–Kier alpha value is -2.88. The second-order valence-electron chi connectivity index (χ2n) is 7.27. The molecule has 0 aromatic heterocycles. The van der Waals surface area contributed by atoms with Crippen LogP contribution < -0.4 is 4.90 Å². The van der Waals surface area contributed by atoms with E-state index in [2.05, 4.69) is 26.0 Å². The number of para-hydroxylation sites is 1. The first kappa shape index (κ1) is 21.4. The van der Waals surface area contributed by atoms with E-state index < -0.39 is 0 Å². The van der Waals surface area contributed by atoms with E-state index in [1.807, 2.05) is 36.4 Å². The molecule has 1 amide bonds. The molecular weight excluding hydrogens is 427 g/mol. The van der Waals surface area contributed by atoms with Crippen molar-refractivity contribution in [2.75, 3.05) is 4.90 Å². The number of aryl methyl sites for hydroxylation is 2. The van der Waals surface area contributed by atoms with Gasteiger partial charge in [0.25, 0.3) is 5.91 Å². The molecule has 1 aliphatic rings. The highest BCUT2D eigenvalue weighted by Crippen LogP contribution is 2.34. The van der Waals surface area contributed by atoms with Gasteiger partial charge in [0.05, 0.1) is 5.69 Å². The van der Waals surface area contributed by atoms with Gasteiger partial charge in [0.15, 0.2) is 0 Å². The zero-order valence-electron chi connectivity index (χ0n) is 17.4. The van der Waals surface area contributed by atoms with Crippen LogP contribution in [0, 0.1) is 0 Å². The van der Waals surface area contributed by atoms with E-state index in [9.17, 15) is 4.79 Å². The smallest absolute Gasteiger partial charge is 0.266 e. The molecule has 4 rings (SSSR count). The largest absolute Gasteiger partial charge is 0.282 e. The minimum atomic E-state index is -0.166. The molecule has 0 bridgehead atoms. The second kappa shape index (κ2) is 9.09. The monoisotopic (exact) mass is 448 g/mol. The number of aliphatic imine (C=N–C) groups is 1. The fourth-order valence-corrected chi connectivity index (χ4v) is 4.24. The Bertz CT molecular complexity index is 1180. The first-order chi connectivity index (χ1) is 15.0. The molecule has 0 N–H and O–H groups in total. The molecule has 0 fully saturated rings. The molecular formula is C26H22Cl2N2O. The van der Waals surface area contributed by atoms with E-state index in [0.717, 1.165) is 35.2 Å². The zero-order valence-corrected chi connectivity index (χ0v) is 18.9. The summed E-state index contributed by atoms with van der Waals surface area (Å²) in [6, 6.07) is 21.2. The Morgan fingerprint density at radius 3 is 2.19 bits per heavy atom. The van der Waals surface area contributed by atoms with Crippen LogP contribution in [-0.4, -0.2) is 11.7 Å². The zero-order chi connectivity index (χ0) is 22.0. The fourth-order valence-electron chi connectivity index (χ4n) is 3.77. The summed E-state index contributed by atoms with van der Waals surface area (Å²) in [6.45, 7) is 4.20. The molecule has 1 heterocycles. The molecule has 3 nitrogen and oxygen atoms in total. The molecule has 31 heavy (non-hydrogen) atoms. The molecule has 0 aliphatic carbocycles. The topological polar surface area (TPSA) is 32.7 Å². The Morgan fingerprint density at radius 1 is 0.903 bits per heavy atom. The van der Waals surface area contributed by atoms with Crippen LogP contribution in [0.2, 0.25) is 10.0 Å². The third-order valence-corrected chi connectivity index (χ3v) is 5.90. The van der Waals surface area contributed by atoms with Gasteiger partial charge < -0.3 is 0 Å². The van der Waals surface area contributed by atoms with Crippen LogP contribution in [0.3, 0.4) is 0 Å². The van der Waals surface area contributed by atoms with Crippen molar-refractivity contribution >= 4 is 46.7 Å². The minimum absolute atomic E-state index is 0.166. The van der Waals surface area contributed by atoms with Crippen molar-refractivity contribution in [3.8, 4) is 0 Å². The summed E-state index contributed by atoms with van der Waals surface area (Å²) in [5.74, 6) is 0.456. The average molecular weight is 449 g/mol. The number of carbonyl (C=O) groups is 1. The molecule has 0 radical (unpaired) electrons. The van der Waals surface area contributed by atoms with Crippen LogP contribution >= 0.6 is 23.2 Å². The van der Waals surface area contributed by atoms with Gasteiger partial charge in [-0.25, -0.2) is 4.99 Å². The Balaban J connectivity index is 1.91. The first-order valence-electron chi connectivity index (χ1n) is 10.3. The molecule has 156 valence electrons. The van der Waals surface area contributed by atoms with Crippen molar-refractivity contribution in [3.05, 3.63) is 105 Å². The molecule has 3 aromatic rings. The van der Waals surface area contributed by atoms with Crippen molar-refractivity contribution in [2.24, 2.45) is 4.99 Å². The quantitative estimate of drug-likeness (QED) is 0.388. The maximum absolute atomic E-state index is 13.7. The van der Waals surface area contributed by atoms with Crippen LogP contribution in [0.1, 0.15) is 36.1 Å². The van der Waals surface area contributed by atoms with Gasteiger partial charge >= 0.3 is 0 Å². The molecule has 0 saturated heterocycles. The maximum atomic E-state index is 13.7. The van der Waals surface area contributed by atoms with Crippen LogP contribution in [0.5, 0.6) is 0 Å². The SMILES string of the molecule is CCc1cccc(CC)c1N1C(=O)C(=Cc2ccc(Cl)cc2Cl)N=C1c1ccccc1. The number of rotatable bonds is 5. The number of benzene rings is 3. The molecule has 1 aliphatic heterocycles. The van der Waals surface area contributed by atoms with Gasteiger partial charge in [-0.1, -0.05) is 91.6 Å². The lowest BCUT2D eigenvalue weighted by atomic mass is 10.0. The van der Waals surface area contributed by atoms with Gasteiger partial charge in [-0.2, -0.15) is 0 Å². The van der Waals surface area contributed by atoms with E-state index in [1.165, 1.54) is 0 Å². The number of anilines is 1. The molecule has 0 spiro atoms. The van der Waals surface area contributed by atoms with E-state index in [0.29, 0.717) is 27.1 Å². The van der Waals surface area contributed by atoms with Crippen molar-refractivity contribution in [3.63, 3.8) is 0 Å². The summed E-state index contributed by atoms with van der Waals surface area (Å²) in [5, 5.41) is 1.02. The lowest BCUT2D eigenvalue weighted by Crippen LogP contribution is -2.34. The van der Waals surface area contributed by atoms with Crippen molar-refractivity contribution < 1.29 is 4.79 Å². The van der Waals surface area contributed by atoms with Crippen molar-refractivity contribution in [1.82, 2.24) is 0 Å².